The fourth-order valence-electron chi connectivity index (χ4n) is 6.04. The highest BCUT2D eigenvalue weighted by Gasteiger charge is 2.42. The quantitative estimate of drug-likeness (QED) is 0.368. The van der Waals surface area contributed by atoms with Gasteiger partial charge in [-0.15, -0.1) is 0 Å². The molecule has 154 valence electrons. The van der Waals surface area contributed by atoms with E-state index in [1.165, 1.54) is 55.6 Å². The molecule has 3 aliphatic carbocycles. The van der Waals surface area contributed by atoms with Crippen molar-refractivity contribution in [2.75, 3.05) is 0 Å². The maximum Gasteiger partial charge on any atom is 0.0409 e. The molecule has 0 bridgehead atoms. The number of allylic oxidation sites excluding steroid dienone is 4. The van der Waals surface area contributed by atoms with Gasteiger partial charge in [0.25, 0.3) is 0 Å². The van der Waals surface area contributed by atoms with Gasteiger partial charge in [-0.3, -0.25) is 0 Å². The number of hydrogen-bond donors (Lipinski definition) is 0. The predicted octanol–water partition coefficient (Wildman–Crippen LogP) is 8.69. The highest BCUT2D eigenvalue weighted by atomic mass is 35.5. The molecule has 0 amide bonds. The Morgan fingerprint density at radius 1 is 0.677 bits per heavy atom. The standard InChI is InChI=1S/C30H27Cl/c1-29(2)24-12-8-11-20(18-9-6-5-7-10-18)28(24)23-17-26-22(16-27(23)29)21-14-13-19(31)15-25(21)30(26,3)4/h6,8-17H,5,7H2,1-4H3. The molecule has 3 aromatic carbocycles. The lowest BCUT2D eigenvalue weighted by Gasteiger charge is -2.24. The normalized spacial score (nSPS) is 18.8. The largest absolute Gasteiger partial charge is 0.0843 e. The average molecular weight is 423 g/mol. The van der Waals surface area contributed by atoms with Crippen LogP contribution in [-0.4, -0.2) is 0 Å². The molecule has 0 atom stereocenters. The van der Waals surface area contributed by atoms with Gasteiger partial charge in [0, 0.05) is 15.9 Å². The van der Waals surface area contributed by atoms with Crippen LogP contribution in [0.3, 0.4) is 0 Å². The zero-order valence-electron chi connectivity index (χ0n) is 18.6. The van der Waals surface area contributed by atoms with E-state index in [2.05, 4.69) is 88.4 Å². The van der Waals surface area contributed by atoms with Crippen molar-refractivity contribution in [3.05, 3.63) is 99.6 Å². The highest BCUT2D eigenvalue weighted by Crippen LogP contribution is 2.57. The molecule has 0 spiro atoms. The number of halogens is 1. The Morgan fingerprint density at radius 3 is 2.16 bits per heavy atom. The molecular weight excluding hydrogens is 396 g/mol. The fourth-order valence-corrected chi connectivity index (χ4v) is 6.21. The van der Waals surface area contributed by atoms with Crippen molar-refractivity contribution in [2.45, 2.75) is 51.4 Å². The second kappa shape index (κ2) is 6.24. The monoisotopic (exact) mass is 422 g/mol. The van der Waals surface area contributed by atoms with E-state index >= 15 is 0 Å². The first kappa shape index (κ1) is 19.1. The average Bonchev–Trinajstić information content (AvgIpc) is 3.13. The third-order valence-corrected chi connectivity index (χ3v) is 8.00. The summed E-state index contributed by atoms with van der Waals surface area (Å²) in [6, 6.07) is 18.2. The molecule has 0 N–H and O–H groups in total. The molecule has 1 heteroatoms. The van der Waals surface area contributed by atoms with Crippen LogP contribution < -0.4 is 0 Å². The van der Waals surface area contributed by atoms with Crippen molar-refractivity contribution in [3.63, 3.8) is 0 Å². The van der Waals surface area contributed by atoms with Crippen LogP contribution >= 0.6 is 11.6 Å². The first-order chi connectivity index (χ1) is 14.8. The van der Waals surface area contributed by atoms with Gasteiger partial charge in [0.05, 0.1) is 0 Å². The van der Waals surface area contributed by atoms with E-state index in [1.54, 1.807) is 0 Å². The van der Waals surface area contributed by atoms with Crippen molar-refractivity contribution < 1.29 is 0 Å². The Morgan fingerprint density at radius 2 is 1.39 bits per heavy atom. The molecule has 0 nitrogen and oxygen atoms in total. The van der Waals surface area contributed by atoms with E-state index < -0.39 is 0 Å². The summed E-state index contributed by atoms with van der Waals surface area (Å²) in [5.41, 5.74) is 13.8. The van der Waals surface area contributed by atoms with Crippen molar-refractivity contribution in [1.29, 1.82) is 0 Å². The topological polar surface area (TPSA) is 0 Å². The summed E-state index contributed by atoms with van der Waals surface area (Å²) in [5, 5.41) is 0.816. The zero-order valence-corrected chi connectivity index (χ0v) is 19.4. The third kappa shape index (κ3) is 2.49. The van der Waals surface area contributed by atoms with E-state index in [0.29, 0.717) is 0 Å². The van der Waals surface area contributed by atoms with Crippen LogP contribution in [-0.2, 0) is 10.8 Å². The molecule has 0 aliphatic heterocycles. The first-order valence-corrected chi connectivity index (χ1v) is 11.7. The number of fused-ring (bicyclic) bond motifs is 6. The maximum absolute atomic E-state index is 6.40. The molecule has 3 aromatic rings. The first-order valence-electron chi connectivity index (χ1n) is 11.3. The van der Waals surface area contributed by atoms with Crippen LogP contribution in [0.5, 0.6) is 0 Å². The van der Waals surface area contributed by atoms with Crippen molar-refractivity contribution in [1.82, 2.24) is 0 Å². The lowest BCUT2D eigenvalue weighted by molar-refractivity contribution is 0.652. The summed E-state index contributed by atoms with van der Waals surface area (Å²) in [5.74, 6) is 0. The SMILES string of the molecule is CC1(C)c2cc(Cl)ccc2-c2cc3c(cc21)-c1c(C2=CCCC=C2)cccc1C3(C)C. The van der Waals surface area contributed by atoms with Crippen molar-refractivity contribution in [2.24, 2.45) is 0 Å². The summed E-state index contributed by atoms with van der Waals surface area (Å²) in [6.45, 7) is 9.42. The van der Waals surface area contributed by atoms with E-state index in [1.807, 2.05) is 6.07 Å². The molecule has 6 rings (SSSR count). The van der Waals surface area contributed by atoms with Gasteiger partial charge in [0.2, 0.25) is 0 Å². The molecule has 0 radical (unpaired) electrons. The Kier molecular flexibility index (Phi) is 3.85. The summed E-state index contributed by atoms with van der Waals surface area (Å²) in [7, 11) is 0. The minimum absolute atomic E-state index is 0.0199. The molecule has 0 saturated heterocycles. The lowest BCUT2D eigenvalue weighted by atomic mass is 9.79. The second-order valence-corrected chi connectivity index (χ2v) is 10.7. The van der Waals surface area contributed by atoms with Crippen LogP contribution in [0.2, 0.25) is 5.02 Å². The van der Waals surface area contributed by atoms with Gasteiger partial charge in [0.1, 0.15) is 0 Å². The van der Waals surface area contributed by atoms with Gasteiger partial charge < -0.3 is 0 Å². The minimum atomic E-state index is -0.0591. The van der Waals surface area contributed by atoms with Gasteiger partial charge in [-0.05, 0) is 92.8 Å². The van der Waals surface area contributed by atoms with Crippen LogP contribution in [0.15, 0.2) is 66.8 Å². The highest BCUT2D eigenvalue weighted by molar-refractivity contribution is 6.30. The Labute approximate surface area is 190 Å². The fraction of sp³-hybridized carbons (Fsp3) is 0.267. The molecule has 3 aliphatic rings. The third-order valence-electron chi connectivity index (χ3n) is 7.76. The summed E-state index contributed by atoms with van der Waals surface area (Å²) in [4.78, 5) is 0. The van der Waals surface area contributed by atoms with E-state index in [4.69, 9.17) is 11.6 Å². The summed E-state index contributed by atoms with van der Waals surface area (Å²) < 4.78 is 0. The number of rotatable bonds is 1. The Hall–Kier alpha value is -2.57. The Bertz CT molecular complexity index is 1330. The van der Waals surface area contributed by atoms with Crippen LogP contribution in [0.1, 0.15) is 68.4 Å². The lowest BCUT2D eigenvalue weighted by Crippen LogP contribution is -2.17. The van der Waals surface area contributed by atoms with Crippen LogP contribution in [0, 0.1) is 0 Å². The summed E-state index contributed by atoms with van der Waals surface area (Å²) in [6.07, 6.45) is 9.28. The van der Waals surface area contributed by atoms with Gasteiger partial charge in [0.15, 0.2) is 0 Å². The smallest absolute Gasteiger partial charge is 0.0409 e. The Balaban J connectivity index is 1.65. The second-order valence-electron chi connectivity index (χ2n) is 10.3. The molecule has 0 aromatic heterocycles. The van der Waals surface area contributed by atoms with Gasteiger partial charge >= 0.3 is 0 Å². The van der Waals surface area contributed by atoms with Crippen molar-refractivity contribution >= 4 is 17.2 Å². The van der Waals surface area contributed by atoms with E-state index in [-0.39, 0.29) is 10.8 Å². The summed E-state index contributed by atoms with van der Waals surface area (Å²) >= 11 is 6.40. The van der Waals surface area contributed by atoms with Gasteiger partial charge in [-0.25, -0.2) is 0 Å². The van der Waals surface area contributed by atoms with Gasteiger partial charge in [-0.1, -0.05) is 81.8 Å². The molecule has 0 heterocycles. The minimum Gasteiger partial charge on any atom is -0.0843 e. The molecule has 0 saturated carbocycles. The van der Waals surface area contributed by atoms with E-state index in [9.17, 15) is 0 Å². The molecule has 0 unspecified atom stereocenters. The van der Waals surface area contributed by atoms with Crippen molar-refractivity contribution in [3.8, 4) is 22.3 Å². The van der Waals surface area contributed by atoms with Crippen LogP contribution in [0.25, 0.3) is 27.8 Å². The maximum atomic E-state index is 6.40. The number of hydrogen-bond acceptors (Lipinski definition) is 0. The predicted molar refractivity (Wildman–Crippen MR) is 133 cm³/mol. The molecular formula is C30H27Cl. The molecule has 31 heavy (non-hydrogen) atoms. The van der Waals surface area contributed by atoms with Crippen LogP contribution in [0.4, 0.5) is 0 Å². The number of benzene rings is 3. The molecule has 0 fully saturated rings. The van der Waals surface area contributed by atoms with Gasteiger partial charge in [-0.2, -0.15) is 0 Å². The zero-order chi connectivity index (χ0) is 21.5. The van der Waals surface area contributed by atoms with E-state index in [0.717, 1.165) is 17.9 Å².